The molecule has 184 valence electrons. The van der Waals surface area contributed by atoms with Gasteiger partial charge in [-0.3, -0.25) is 14.5 Å². The summed E-state index contributed by atoms with van der Waals surface area (Å²) >= 11 is 6.44. The molecule has 5 nitrogen and oxygen atoms in total. The van der Waals surface area contributed by atoms with E-state index in [0.717, 1.165) is 36.0 Å². The molecule has 0 saturated heterocycles. The zero-order chi connectivity index (χ0) is 25.4. The second kappa shape index (κ2) is 9.82. The van der Waals surface area contributed by atoms with Crippen LogP contribution in [-0.2, 0) is 0 Å². The molecule has 1 amide bonds. The number of amides is 1. The molecule has 0 bridgehead atoms. The van der Waals surface area contributed by atoms with Crippen molar-refractivity contribution in [2.45, 2.75) is 46.1 Å². The van der Waals surface area contributed by atoms with Crippen molar-refractivity contribution in [3.05, 3.63) is 104 Å². The van der Waals surface area contributed by atoms with E-state index in [-0.39, 0.29) is 17.1 Å². The largest absolute Gasteiger partial charge is 0.494 e. The molecule has 1 aromatic heterocycles. The molecule has 4 aromatic rings. The molecule has 0 aliphatic carbocycles. The summed E-state index contributed by atoms with van der Waals surface area (Å²) in [5.74, 6) is 0.392. The van der Waals surface area contributed by atoms with Crippen molar-refractivity contribution in [2.24, 2.45) is 0 Å². The maximum atomic E-state index is 13.8. The highest BCUT2D eigenvalue weighted by Gasteiger charge is 2.43. The quantitative estimate of drug-likeness (QED) is 0.248. The Morgan fingerprint density at radius 1 is 1.00 bits per heavy atom. The Hall–Kier alpha value is -3.57. The third-order valence-corrected chi connectivity index (χ3v) is 7.06. The van der Waals surface area contributed by atoms with Crippen LogP contribution in [0.1, 0.15) is 65.0 Å². The van der Waals surface area contributed by atoms with Crippen LogP contribution in [0.25, 0.3) is 11.0 Å². The maximum Gasteiger partial charge on any atom is 0.295 e. The Morgan fingerprint density at radius 3 is 2.61 bits per heavy atom. The van der Waals surface area contributed by atoms with Crippen molar-refractivity contribution in [3.63, 3.8) is 0 Å². The third-order valence-electron chi connectivity index (χ3n) is 6.65. The minimum atomic E-state index is -0.674. The standard InChI is InChI=1S/C30H28ClNO4/c1-4-5-6-14-35-22-9-7-8-20(16-22)27-26-28(33)23-15-18(2)10-13-25(23)36-29(26)30(34)32(27)21-12-11-19(3)24(31)17-21/h7-13,15-17,27H,4-6,14H2,1-3H3. The lowest BCUT2D eigenvalue weighted by Crippen LogP contribution is -2.29. The molecule has 1 aliphatic rings. The normalized spacial score (nSPS) is 14.9. The molecule has 6 heteroatoms. The number of anilines is 1. The zero-order valence-corrected chi connectivity index (χ0v) is 21.4. The van der Waals surface area contributed by atoms with Crippen LogP contribution in [0.2, 0.25) is 5.02 Å². The Kier molecular flexibility index (Phi) is 6.59. The molecule has 0 N–H and O–H groups in total. The number of carbonyl (C=O) groups is 1. The molecular weight excluding hydrogens is 474 g/mol. The van der Waals surface area contributed by atoms with Crippen LogP contribution in [0, 0.1) is 13.8 Å². The smallest absolute Gasteiger partial charge is 0.295 e. The molecule has 1 unspecified atom stereocenters. The summed E-state index contributed by atoms with van der Waals surface area (Å²) < 4.78 is 12.1. The van der Waals surface area contributed by atoms with Gasteiger partial charge in [0.2, 0.25) is 5.76 Å². The number of carbonyl (C=O) groups excluding carboxylic acids is 1. The van der Waals surface area contributed by atoms with Crippen LogP contribution in [0.15, 0.2) is 69.9 Å². The van der Waals surface area contributed by atoms with Gasteiger partial charge in [0.15, 0.2) is 5.43 Å². The molecule has 36 heavy (non-hydrogen) atoms. The van der Waals surface area contributed by atoms with E-state index in [9.17, 15) is 9.59 Å². The van der Waals surface area contributed by atoms with Gasteiger partial charge in [0.25, 0.3) is 5.91 Å². The highest BCUT2D eigenvalue weighted by atomic mass is 35.5. The molecule has 1 atom stereocenters. The van der Waals surface area contributed by atoms with Crippen molar-refractivity contribution < 1.29 is 13.9 Å². The number of hydrogen-bond donors (Lipinski definition) is 0. The van der Waals surface area contributed by atoms with Crippen LogP contribution in [-0.4, -0.2) is 12.5 Å². The highest BCUT2D eigenvalue weighted by Crippen LogP contribution is 2.42. The first-order valence-electron chi connectivity index (χ1n) is 12.3. The summed E-state index contributed by atoms with van der Waals surface area (Å²) in [6.07, 6.45) is 3.18. The number of fused-ring (bicyclic) bond motifs is 2. The Labute approximate surface area is 215 Å². The number of benzene rings is 3. The molecular formula is C30H28ClNO4. The predicted octanol–water partition coefficient (Wildman–Crippen LogP) is 7.38. The van der Waals surface area contributed by atoms with Gasteiger partial charge in [0, 0.05) is 10.7 Å². The maximum absolute atomic E-state index is 13.8. The van der Waals surface area contributed by atoms with E-state index < -0.39 is 6.04 Å². The summed E-state index contributed by atoms with van der Waals surface area (Å²) in [7, 11) is 0. The number of halogens is 1. The summed E-state index contributed by atoms with van der Waals surface area (Å²) in [6.45, 7) is 6.59. The minimum absolute atomic E-state index is 0.0623. The van der Waals surface area contributed by atoms with E-state index in [1.165, 1.54) is 0 Å². The summed E-state index contributed by atoms with van der Waals surface area (Å²) in [5.41, 5.74) is 3.74. The first-order chi connectivity index (χ1) is 17.4. The third kappa shape index (κ3) is 4.28. The molecule has 0 spiro atoms. The number of nitrogens with zero attached hydrogens (tertiary/aromatic N) is 1. The first-order valence-corrected chi connectivity index (χ1v) is 12.7. The first kappa shape index (κ1) is 24.1. The Morgan fingerprint density at radius 2 is 1.83 bits per heavy atom. The molecule has 0 radical (unpaired) electrons. The molecule has 2 heterocycles. The van der Waals surface area contributed by atoms with E-state index in [0.29, 0.717) is 39.6 Å². The predicted molar refractivity (Wildman–Crippen MR) is 144 cm³/mol. The van der Waals surface area contributed by atoms with E-state index in [2.05, 4.69) is 6.92 Å². The SMILES string of the molecule is CCCCCOc1cccc(C2c3c(oc4ccc(C)cc4c3=O)C(=O)N2c2ccc(C)c(Cl)c2)c1. The van der Waals surface area contributed by atoms with Crippen LogP contribution in [0.5, 0.6) is 5.75 Å². The van der Waals surface area contributed by atoms with Crippen LogP contribution < -0.4 is 15.1 Å². The van der Waals surface area contributed by atoms with E-state index in [1.807, 2.05) is 62.4 Å². The van der Waals surface area contributed by atoms with Gasteiger partial charge in [-0.2, -0.15) is 0 Å². The monoisotopic (exact) mass is 501 g/mol. The van der Waals surface area contributed by atoms with Crippen molar-refractivity contribution in [2.75, 3.05) is 11.5 Å². The average Bonchev–Trinajstić information content (AvgIpc) is 3.17. The fourth-order valence-electron chi connectivity index (χ4n) is 4.72. The fourth-order valence-corrected chi connectivity index (χ4v) is 4.89. The minimum Gasteiger partial charge on any atom is -0.494 e. The number of hydrogen-bond acceptors (Lipinski definition) is 4. The molecule has 3 aromatic carbocycles. The number of ether oxygens (including phenoxy) is 1. The number of unbranched alkanes of at least 4 members (excludes halogenated alkanes) is 2. The summed E-state index contributed by atoms with van der Waals surface area (Å²) in [5, 5.41) is 1.00. The topological polar surface area (TPSA) is 59.8 Å². The molecule has 1 aliphatic heterocycles. The van der Waals surface area contributed by atoms with Crippen molar-refractivity contribution in [3.8, 4) is 5.75 Å². The van der Waals surface area contributed by atoms with Gasteiger partial charge in [-0.1, -0.05) is 61.2 Å². The molecule has 5 rings (SSSR count). The van der Waals surface area contributed by atoms with Gasteiger partial charge in [-0.15, -0.1) is 0 Å². The summed E-state index contributed by atoms with van der Waals surface area (Å²) in [6, 6.07) is 17.8. The van der Waals surface area contributed by atoms with E-state index in [1.54, 1.807) is 17.0 Å². The van der Waals surface area contributed by atoms with Gasteiger partial charge in [0.05, 0.1) is 23.6 Å². The second-order valence-electron chi connectivity index (χ2n) is 9.31. The van der Waals surface area contributed by atoms with Gasteiger partial charge >= 0.3 is 0 Å². The van der Waals surface area contributed by atoms with Gasteiger partial charge in [-0.05, 0) is 67.8 Å². The van der Waals surface area contributed by atoms with Crippen molar-refractivity contribution in [1.82, 2.24) is 0 Å². The van der Waals surface area contributed by atoms with Crippen LogP contribution in [0.4, 0.5) is 5.69 Å². The van der Waals surface area contributed by atoms with Gasteiger partial charge < -0.3 is 9.15 Å². The van der Waals surface area contributed by atoms with Gasteiger partial charge in [0.1, 0.15) is 11.3 Å². The lowest BCUT2D eigenvalue weighted by molar-refractivity contribution is 0.0971. The molecule has 0 saturated carbocycles. The summed E-state index contributed by atoms with van der Waals surface area (Å²) in [4.78, 5) is 29.2. The second-order valence-corrected chi connectivity index (χ2v) is 9.72. The number of rotatable bonds is 7. The lowest BCUT2D eigenvalue weighted by atomic mass is 9.97. The highest BCUT2D eigenvalue weighted by molar-refractivity contribution is 6.31. The Bertz CT molecular complexity index is 1520. The van der Waals surface area contributed by atoms with Crippen molar-refractivity contribution in [1.29, 1.82) is 0 Å². The Balaban J connectivity index is 1.68. The lowest BCUT2D eigenvalue weighted by Gasteiger charge is -2.26. The zero-order valence-electron chi connectivity index (χ0n) is 20.6. The van der Waals surface area contributed by atoms with Gasteiger partial charge in [-0.25, -0.2) is 0 Å². The van der Waals surface area contributed by atoms with E-state index >= 15 is 0 Å². The van der Waals surface area contributed by atoms with Crippen LogP contribution >= 0.6 is 11.6 Å². The van der Waals surface area contributed by atoms with E-state index in [4.69, 9.17) is 20.8 Å². The molecule has 0 fully saturated rings. The van der Waals surface area contributed by atoms with Crippen molar-refractivity contribution >= 4 is 34.2 Å². The fraction of sp³-hybridized carbons (Fsp3) is 0.267. The average molecular weight is 502 g/mol. The number of aryl methyl sites for hydroxylation is 2. The van der Waals surface area contributed by atoms with Crippen LogP contribution in [0.3, 0.4) is 0 Å².